The molecular weight excluding hydrogens is 200 g/mol. The Labute approximate surface area is 97.2 Å². The predicted molar refractivity (Wildman–Crippen MR) is 65.3 cm³/mol. The second-order valence-electron chi connectivity index (χ2n) is 4.48. The third-order valence-electron chi connectivity index (χ3n) is 3.25. The van der Waals surface area contributed by atoms with Crippen LogP contribution in [0.1, 0.15) is 17.2 Å². The first-order valence-electron chi connectivity index (χ1n) is 5.81. The van der Waals surface area contributed by atoms with Gasteiger partial charge >= 0.3 is 0 Å². The maximum atomic E-state index is 5.77. The second kappa shape index (κ2) is 4.95. The maximum Gasteiger partial charge on any atom is 0.0894 e. The third-order valence-corrected chi connectivity index (χ3v) is 3.25. The third kappa shape index (κ3) is 2.26. The van der Waals surface area contributed by atoms with Crippen molar-refractivity contribution in [2.45, 2.75) is 19.1 Å². The molecule has 2 rings (SSSR count). The van der Waals surface area contributed by atoms with Crippen LogP contribution in [0.15, 0.2) is 24.3 Å². The molecule has 16 heavy (non-hydrogen) atoms. The molecule has 1 heterocycles. The van der Waals surface area contributed by atoms with Gasteiger partial charge in [-0.2, -0.15) is 0 Å². The number of nitrogens with zero attached hydrogens (tertiary/aromatic N) is 1. The highest BCUT2D eigenvalue weighted by Crippen LogP contribution is 2.27. The molecule has 1 saturated heterocycles. The molecule has 0 amide bonds. The summed E-state index contributed by atoms with van der Waals surface area (Å²) in [5.41, 5.74) is 8.35. The molecule has 3 heteroatoms. The van der Waals surface area contributed by atoms with Gasteiger partial charge in [0.05, 0.1) is 18.8 Å². The highest BCUT2D eigenvalue weighted by Gasteiger charge is 2.30. The van der Waals surface area contributed by atoms with Crippen molar-refractivity contribution in [1.29, 1.82) is 0 Å². The molecule has 1 aliphatic rings. The van der Waals surface area contributed by atoms with Gasteiger partial charge in [-0.25, -0.2) is 0 Å². The molecule has 0 saturated carbocycles. The van der Waals surface area contributed by atoms with E-state index < -0.39 is 0 Å². The van der Waals surface area contributed by atoms with Crippen LogP contribution in [-0.4, -0.2) is 37.7 Å². The van der Waals surface area contributed by atoms with Gasteiger partial charge in [-0.3, -0.25) is 4.90 Å². The van der Waals surface area contributed by atoms with Crippen molar-refractivity contribution >= 4 is 0 Å². The smallest absolute Gasteiger partial charge is 0.0894 e. The zero-order valence-electron chi connectivity index (χ0n) is 10.0. The number of hydrogen-bond donors (Lipinski definition) is 1. The summed E-state index contributed by atoms with van der Waals surface area (Å²) in [6.45, 7) is 4.42. The number of likely N-dealkylation sites (N-methyl/N-ethyl adjacent to an activating group) is 1. The fourth-order valence-electron chi connectivity index (χ4n) is 2.29. The maximum absolute atomic E-state index is 5.77. The Morgan fingerprint density at radius 1 is 1.38 bits per heavy atom. The Hall–Kier alpha value is -0.900. The molecule has 1 aliphatic heterocycles. The quantitative estimate of drug-likeness (QED) is 0.817. The topological polar surface area (TPSA) is 38.5 Å². The van der Waals surface area contributed by atoms with Crippen LogP contribution in [0.3, 0.4) is 0 Å². The first kappa shape index (κ1) is 11.6. The van der Waals surface area contributed by atoms with Crippen LogP contribution in [0.25, 0.3) is 0 Å². The average molecular weight is 220 g/mol. The molecule has 88 valence electrons. The molecule has 2 unspecified atom stereocenters. The Kier molecular flexibility index (Phi) is 3.59. The van der Waals surface area contributed by atoms with Gasteiger partial charge in [-0.1, -0.05) is 29.8 Å². The van der Waals surface area contributed by atoms with E-state index in [4.69, 9.17) is 10.5 Å². The monoisotopic (exact) mass is 220 g/mol. The summed E-state index contributed by atoms with van der Waals surface area (Å²) in [5, 5.41) is 0. The minimum atomic E-state index is 0.112. The summed E-state index contributed by atoms with van der Waals surface area (Å²) in [6, 6.07) is 8.93. The van der Waals surface area contributed by atoms with Crippen LogP contribution in [-0.2, 0) is 4.74 Å². The molecular formula is C13H20N2O. The minimum absolute atomic E-state index is 0.112. The van der Waals surface area contributed by atoms with Crippen LogP contribution in [0.4, 0.5) is 0 Å². The van der Waals surface area contributed by atoms with Gasteiger partial charge in [0.1, 0.15) is 0 Å². The van der Waals surface area contributed by atoms with Crippen LogP contribution < -0.4 is 5.73 Å². The van der Waals surface area contributed by atoms with Crippen LogP contribution in [0, 0.1) is 6.92 Å². The summed E-state index contributed by atoms with van der Waals surface area (Å²) < 4.78 is 5.73. The van der Waals surface area contributed by atoms with E-state index >= 15 is 0 Å². The molecule has 1 aromatic carbocycles. The van der Waals surface area contributed by atoms with E-state index in [9.17, 15) is 0 Å². The molecule has 0 aromatic heterocycles. The number of rotatable bonds is 2. The van der Waals surface area contributed by atoms with Crippen molar-refractivity contribution in [3.05, 3.63) is 35.4 Å². The lowest BCUT2D eigenvalue weighted by Crippen LogP contribution is -2.46. The number of nitrogens with two attached hydrogens (primary N) is 1. The van der Waals surface area contributed by atoms with Gasteiger partial charge in [0.25, 0.3) is 0 Å². The van der Waals surface area contributed by atoms with Crippen LogP contribution in [0.5, 0.6) is 0 Å². The highest BCUT2D eigenvalue weighted by molar-refractivity contribution is 5.25. The van der Waals surface area contributed by atoms with Crippen molar-refractivity contribution in [3.63, 3.8) is 0 Å². The zero-order valence-corrected chi connectivity index (χ0v) is 10.0. The lowest BCUT2D eigenvalue weighted by atomic mass is 9.97. The fraction of sp³-hybridized carbons (Fsp3) is 0.538. The first-order valence-corrected chi connectivity index (χ1v) is 5.81. The van der Waals surface area contributed by atoms with E-state index in [0.717, 1.165) is 13.2 Å². The van der Waals surface area contributed by atoms with E-state index in [1.807, 2.05) is 0 Å². The van der Waals surface area contributed by atoms with Crippen molar-refractivity contribution in [2.24, 2.45) is 5.73 Å². The Bertz CT molecular complexity index is 336. The molecule has 2 atom stereocenters. The summed E-state index contributed by atoms with van der Waals surface area (Å²) in [7, 11) is 2.13. The molecule has 0 radical (unpaired) electrons. The van der Waals surface area contributed by atoms with E-state index in [1.54, 1.807) is 0 Å². The summed E-state index contributed by atoms with van der Waals surface area (Å²) in [5.74, 6) is 0. The van der Waals surface area contributed by atoms with E-state index in [1.165, 1.54) is 11.1 Å². The van der Waals surface area contributed by atoms with Crippen LogP contribution in [0.2, 0.25) is 0 Å². The predicted octanol–water partition coefficient (Wildman–Crippen LogP) is 1.33. The summed E-state index contributed by atoms with van der Waals surface area (Å²) >= 11 is 0. The Morgan fingerprint density at radius 2 is 2.06 bits per heavy atom. The van der Waals surface area contributed by atoms with Gasteiger partial charge in [0, 0.05) is 13.1 Å². The van der Waals surface area contributed by atoms with E-state index in [0.29, 0.717) is 12.6 Å². The van der Waals surface area contributed by atoms with Gasteiger partial charge in [0.2, 0.25) is 0 Å². The van der Waals surface area contributed by atoms with Crippen molar-refractivity contribution < 1.29 is 4.74 Å². The molecule has 1 aromatic rings. The van der Waals surface area contributed by atoms with Crippen LogP contribution >= 0.6 is 0 Å². The number of morpholine rings is 1. The molecule has 0 spiro atoms. The standard InChI is InChI=1S/C13H20N2O/c1-10-3-5-11(6-4-10)13-12(9-14)16-8-7-15(13)2/h3-6,12-13H,7-9,14H2,1-2H3. The lowest BCUT2D eigenvalue weighted by Gasteiger charge is -2.39. The zero-order chi connectivity index (χ0) is 11.5. The second-order valence-corrected chi connectivity index (χ2v) is 4.48. The normalized spacial score (nSPS) is 26.9. The molecule has 2 N–H and O–H groups in total. The summed E-state index contributed by atoms with van der Waals surface area (Å²) in [6.07, 6.45) is 0.112. The van der Waals surface area contributed by atoms with Crippen molar-refractivity contribution in [1.82, 2.24) is 4.90 Å². The lowest BCUT2D eigenvalue weighted by molar-refractivity contribution is -0.0576. The van der Waals surface area contributed by atoms with Gasteiger partial charge < -0.3 is 10.5 Å². The van der Waals surface area contributed by atoms with Crippen molar-refractivity contribution in [2.75, 3.05) is 26.7 Å². The van der Waals surface area contributed by atoms with Gasteiger partial charge in [0.15, 0.2) is 0 Å². The number of hydrogen-bond acceptors (Lipinski definition) is 3. The van der Waals surface area contributed by atoms with E-state index in [2.05, 4.69) is 43.1 Å². The average Bonchev–Trinajstić information content (AvgIpc) is 2.30. The van der Waals surface area contributed by atoms with Gasteiger partial charge in [-0.15, -0.1) is 0 Å². The Balaban J connectivity index is 2.24. The molecule has 3 nitrogen and oxygen atoms in total. The van der Waals surface area contributed by atoms with Gasteiger partial charge in [-0.05, 0) is 19.5 Å². The number of benzene rings is 1. The minimum Gasteiger partial charge on any atom is -0.374 e. The molecule has 0 bridgehead atoms. The summed E-state index contributed by atoms with van der Waals surface area (Å²) in [4.78, 5) is 2.33. The largest absolute Gasteiger partial charge is 0.374 e. The highest BCUT2D eigenvalue weighted by atomic mass is 16.5. The fourth-order valence-corrected chi connectivity index (χ4v) is 2.29. The first-order chi connectivity index (χ1) is 7.72. The Morgan fingerprint density at radius 3 is 2.69 bits per heavy atom. The molecule has 0 aliphatic carbocycles. The number of aryl methyl sites for hydroxylation is 1. The molecule has 1 fully saturated rings. The number of ether oxygens (including phenoxy) is 1. The SMILES string of the molecule is Cc1ccc(C2C(CN)OCCN2C)cc1. The van der Waals surface area contributed by atoms with E-state index in [-0.39, 0.29) is 6.10 Å². The van der Waals surface area contributed by atoms with Crippen molar-refractivity contribution in [3.8, 4) is 0 Å².